The first-order valence-corrected chi connectivity index (χ1v) is 13.6. The second-order valence-electron chi connectivity index (χ2n) is 8.11. The van der Waals surface area contributed by atoms with Crippen LogP contribution >= 0.6 is 18.9 Å². The van der Waals surface area contributed by atoms with E-state index in [4.69, 9.17) is 15.2 Å². The standard InChI is InChI=1S/C20H20F6N5O3PS/c21-19(22,23)8-35(32,9-20(24,25)26)11-33-6-4-31-10-28-15-16(31)29-18(27)30-17(15)36-13-1-2-14-12(7-13)3-5-34-14/h1-2,7,10H,3-6,8-9,11H2,(H2,27,29,30). The number of anilines is 1. The molecule has 3 aromatic rings. The third-order valence-electron chi connectivity index (χ3n) is 5.06. The number of alkyl halides is 6. The van der Waals surface area contributed by atoms with Crippen LogP contribution in [0.4, 0.5) is 32.3 Å². The van der Waals surface area contributed by atoms with E-state index in [2.05, 4.69) is 15.0 Å². The fraction of sp³-hybridized carbons (Fsp3) is 0.450. The van der Waals surface area contributed by atoms with E-state index in [0.717, 1.165) is 22.6 Å². The molecule has 0 spiro atoms. The zero-order valence-corrected chi connectivity index (χ0v) is 20.2. The van der Waals surface area contributed by atoms with Gasteiger partial charge in [-0.3, -0.25) is 0 Å². The Morgan fingerprint density at radius 2 is 1.86 bits per heavy atom. The SMILES string of the molecule is Nc1nc(Sc2ccc3c(c2)CCO3)c2ncn(CCOCP(=O)(CC(F)(F)F)CC(F)(F)F)c2n1. The second-order valence-corrected chi connectivity index (χ2v) is 12.2. The summed E-state index contributed by atoms with van der Waals surface area (Å²) in [5, 5.41) is 0.468. The van der Waals surface area contributed by atoms with Gasteiger partial charge in [0.15, 0.2) is 5.65 Å². The van der Waals surface area contributed by atoms with E-state index < -0.39 is 38.2 Å². The van der Waals surface area contributed by atoms with Crippen molar-refractivity contribution < 1.29 is 40.4 Å². The number of hydrogen-bond acceptors (Lipinski definition) is 8. The molecule has 1 aromatic carbocycles. The number of aromatic nitrogens is 4. The fourth-order valence-corrected chi connectivity index (χ4v) is 6.71. The lowest BCUT2D eigenvalue weighted by Crippen LogP contribution is -2.24. The molecule has 0 unspecified atom stereocenters. The molecule has 36 heavy (non-hydrogen) atoms. The number of nitrogen functional groups attached to an aromatic ring is 1. The Bertz CT molecular complexity index is 1280. The molecule has 0 saturated heterocycles. The Kier molecular flexibility index (Phi) is 7.45. The van der Waals surface area contributed by atoms with Crippen LogP contribution in [0.2, 0.25) is 0 Å². The highest BCUT2D eigenvalue weighted by molar-refractivity contribution is 7.99. The van der Waals surface area contributed by atoms with E-state index in [1.54, 1.807) is 0 Å². The van der Waals surface area contributed by atoms with Gasteiger partial charge in [-0.1, -0.05) is 11.8 Å². The molecule has 3 heterocycles. The highest BCUT2D eigenvalue weighted by Gasteiger charge is 2.46. The van der Waals surface area contributed by atoms with Crippen LogP contribution in [-0.2, 0) is 22.3 Å². The lowest BCUT2D eigenvalue weighted by Gasteiger charge is -2.21. The van der Waals surface area contributed by atoms with Crippen LogP contribution in [0.3, 0.4) is 0 Å². The van der Waals surface area contributed by atoms with Crippen LogP contribution < -0.4 is 10.5 Å². The van der Waals surface area contributed by atoms with Crippen LogP contribution in [0, 0.1) is 0 Å². The summed E-state index contributed by atoms with van der Waals surface area (Å²) in [6.45, 7) is 0.274. The Balaban J connectivity index is 1.44. The summed E-state index contributed by atoms with van der Waals surface area (Å²) < 4.78 is 100. The number of nitrogens with two attached hydrogens (primary N) is 1. The Labute approximate surface area is 204 Å². The second kappa shape index (κ2) is 10.1. The number of benzene rings is 1. The summed E-state index contributed by atoms with van der Waals surface area (Å²) in [6, 6.07) is 5.70. The number of ether oxygens (including phenoxy) is 2. The van der Waals surface area contributed by atoms with E-state index in [1.165, 1.54) is 22.7 Å². The smallest absolute Gasteiger partial charge is 0.395 e. The van der Waals surface area contributed by atoms with Gasteiger partial charge in [-0.25, -0.2) is 9.97 Å². The quantitative estimate of drug-likeness (QED) is 0.171. The van der Waals surface area contributed by atoms with Gasteiger partial charge in [-0.15, -0.1) is 0 Å². The minimum absolute atomic E-state index is 0.0225. The molecular weight excluding hydrogens is 535 g/mol. The molecule has 0 aliphatic carbocycles. The monoisotopic (exact) mass is 555 g/mol. The lowest BCUT2D eigenvalue weighted by atomic mass is 10.2. The van der Waals surface area contributed by atoms with Gasteiger partial charge in [0, 0.05) is 17.9 Å². The van der Waals surface area contributed by atoms with Crippen molar-refractivity contribution in [2.24, 2.45) is 0 Å². The zero-order chi connectivity index (χ0) is 26.1. The first-order chi connectivity index (χ1) is 16.8. The molecule has 0 atom stereocenters. The van der Waals surface area contributed by atoms with E-state index in [0.29, 0.717) is 22.8 Å². The van der Waals surface area contributed by atoms with Gasteiger partial charge in [0.1, 0.15) is 29.8 Å². The predicted molar refractivity (Wildman–Crippen MR) is 120 cm³/mol. The molecule has 2 N–H and O–H groups in total. The first-order valence-electron chi connectivity index (χ1n) is 10.5. The molecule has 0 amide bonds. The van der Waals surface area contributed by atoms with Crippen LogP contribution in [0.25, 0.3) is 11.2 Å². The molecule has 0 fully saturated rings. The average molecular weight is 555 g/mol. The molecule has 1 aliphatic heterocycles. The van der Waals surface area contributed by atoms with Gasteiger partial charge in [0.05, 0.1) is 31.9 Å². The summed E-state index contributed by atoms with van der Waals surface area (Å²) in [5.41, 5.74) is 7.63. The largest absolute Gasteiger partial charge is 0.493 e. The molecule has 16 heteroatoms. The van der Waals surface area contributed by atoms with E-state index in [1.807, 2.05) is 18.2 Å². The van der Waals surface area contributed by atoms with E-state index >= 15 is 0 Å². The molecule has 0 saturated carbocycles. The van der Waals surface area contributed by atoms with E-state index in [9.17, 15) is 30.9 Å². The molecule has 8 nitrogen and oxygen atoms in total. The van der Waals surface area contributed by atoms with Crippen LogP contribution in [-0.4, -0.2) is 63.8 Å². The number of rotatable bonds is 9. The zero-order valence-electron chi connectivity index (χ0n) is 18.5. The molecule has 1 aliphatic rings. The molecular formula is C20H20F6N5O3PS. The van der Waals surface area contributed by atoms with Crippen LogP contribution in [0.15, 0.2) is 34.4 Å². The molecule has 0 bridgehead atoms. The van der Waals surface area contributed by atoms with Crippen molar-refractivity contribution in [3.63, 3.8) is 0 Å². The summed E-state index contributed by atoms with van der Waals surface area (Å²) in [4.78, 5) is 13.5. The van der Waals surface area contributed by atoms with Crippen molar-refractivity contribution in [1.82, 2.24) is 19.5 Å². The fourth-order valence-electron chi connectivity index (χ4n) is 3.70. The van der Waals surface area contributed by atoms with Gasteiger partial charge >= 0.3 is 12.4 Å². The maximum atomic E-state index is 12.7. The van der Waals surface area contributed by atoms with Crippen molar-refractivity contribution in [2.75, 3.05) is 37.6 Å². The van der Waals surface area contributed by atoms with Gasteiger partial charge in [0.25, 0.3) is 0 Å². The maximum absolute atomic E-state index is 12.7. The van der Waals surface area contributed by atoms with Crippen molar-refractivity contribution in [1.29, 1.82) is 0 Å². The minimum Gasteiger partial charge on any atom is -0.493 e. The number of halogens is 6. The molecule has 0 radical (unpaired) electrons. The van der Waals surface area contributed by atoms with Crippen molar-refractivity contribution in [2.45, 2.75) is 35.2 Å². The van der Waals surface area contributed by atoms with Crippen molar-refractivity contribution >= 4 is 36.0 Å². The Morgan fingerprint density at radius 3 is 2.56 bits per heavy atom. The lowest BCUT2D eigenvalue weighted by molar-refractivity contribution is -0.113. The third-order valence-corrected chi connectivity index (χ3v) is 8.55. The average Bonchev–Trinajstić information content (AvgIpc) is 3.35. The molecule has 2 aromatic heterocycles. The summed E-state index contributed by atoms with van der Waals surface area (Å²) in [7, 11) is -4.73. The normalized spacial score (nSPS) is 14.3. The highest BCUT2D eigenvalue weighted by atomic mass is 32.2. The van der Waals surface area contributed by atoms with Gasteiger partial charge < -0.3 is 24.3 Å². The summed E-state index contributed by atoms with van der Waals surface area (Å²) >= 11 is 1.31. The van der Waals surface area contributed by atoms with Crippen molar-refractivity contribution in [3.05, 3.63) is 30.1 Å². The van der Waals surface area contributed by atoms with E-state index in [-0.39, 0.29) is 19.1 Å². The Hall–Kier alpha value is -2.51. The number of fused-ring (bicyclic) bond motifs is 2. The van der Waals surface area contributed by atoms with Crippen LogP contribution in [0.5, 0.6) is 5.75 Å². The summed E-state index contributed by atoms with van der Waals surface area (Å²) in [5.74, 6) is 0.781. The van der Waals surface area contributed by atoms with Gasteiger partial charge in [0.2, 0.25) is 5.95 Å². The topological polar surface area (TPSA) is 105 Å². The maximum Gasteiger partial charge on any atom is 0.395 e. The first kappa shape index (κ1) is 26.6. The molecule has 196 valence electrons. The number of nitrogens with zero attached hydrogens (tertiary/aromatic N) is 4. The molecule has 4 rings (SSSR count). The van der Waals surface area contributed by atoms with Gasteiger partial charge in [-0.05, 0) is 23.8 Å². The van der Waals surface area contributed by atoms with Crippen LogP contribution in [0.1, 0.15) is 5.56 Å². The number of imidazole rings is 1. The summed E-state index contributed by atoms with van der Waals surface area (Å²) in [6.07, 6.45) is -13.1. The van der Waals surface area contributed by atoms with Crippen molar-refractivity contribution in [3.8, 4) is 5.75 Å². The van der Waals surface area contributed by atoms with Gasteiger partial charge in [-0.2, -0.15) is 31.3 Å². The predicted octanol–water partition coefficient (Wildman–Crippen LogP) is 4.96. The Morgan fingerprint density at radius 1 is 1.14 bits per heavy atom. The highest BCUT2D eigenvalue weighted by Crippen LogP contribution is 2.53. The minimum atomic E-state index is -5.01. The number of hydrogen-bond donors (Lipinski definition) is 1. The third kappa shape index (κ3) is 6.83.